The van der Waals surface area contributed by atoms with Crippen LogP contribution < -0.4 is 10.4 Å². The lowest BCUT2D eigenvalue weighted by molar-refractivity contribution is -0.147. The minimum Gasteiger partial charge on any atom is -0.402 e. The van der Waals surface area contributed by atoms with E-state index >= 15 is 0 Å². The molecule has 2 aromatic carbocycles. The van der Waals surface area contributed by atoms with Crippen molar-refractivity contribution in [2.24, 2.45) is 0 Å². The third kappa shape index (κ3) is 4.20. The Morgan fingerprint density at radius 2 is 1.52 bits per heavy atom. The van der Waals surface area contributed by atoms with Gasteiger partial charge in [0.1, 0.15) is 6.10 Å². The summed E-state index contributed by atoms with van der Waals surface area (Å²) in [6.45, 7) is 10.6. The van der Waals surface area contributed by atoms with E-state index < -0.39 is 26.3 Å². The molecule has 0 amide bonds. The molecule has 0 spiro atoms. The molecule has 1 aliphatic heterocycles. The largest absolute Gasteiger partial charge is 0.402 e. The Labute approximate surface area is 176 Å². The number of hydrogen-bond acceptors (Lipinski definition) is 4. The summed E-state index contributed by atoms with van der Waals surface area (Å²) in [6.07, 6.45) is -0.756. The van der Waals surface area contributed by atoms with Gasteiger partial charge in [-0.25, -0.2) is 0 Å². The van der Waals surface area contributed by atoms with Gasteiger partial charge in [0.2, 0.25) is 0 Å². The van der Waals surface area contributed by atoms with Gasteiger partial charge in [0, 0.05) is 13.5 Å². The highest BCUT2D eigenvalue weighted by Gasteiger charge is 2.54. The van der Waals surface area contributed by atoms with Crippen LogP contribution in [0.4, 0.5) is 0 Å². The van der Waals surface area contributed by atoms with E-state index in [9.17, 15) is 5.11 Å². The molecule has 2 aromatic rings. The molecule has 0 aromatic heterocycles. The second-order valence-electron chi connectivity index (χ2n) is 9.27. The van der Waals surface area contributed by atoms with Crippen molar-refractivity contribution < 1.29 is 19.0 Å². The zero-order valence-electron chi connectivity index (χ0n) is 18.4. The Morgan fingerprint density at radius 3 is 1.90 bits per heavy atom. The monoisotopic (exact) mass is 414 g/mol. The summed E-state index contributed by atoms with van der Waals surface area (Å²) in [6, 6.07) is 21.0. The van der Waals surface area contributed by atoms with Gasteiger partial charge in [-0.3, -0.25) is 0 Å². The summed E-state index contributed by atoms with van der Waals surface area (Å²) in [5.41, 5.74) is -1.01. The molecule has 4 atom stereocenters. The summed E-state index contributed by atoms with van der Waals surface area (Å²) >= 11 is 0. The van der Waals surface area contributed by atoms with Crippen LogP contribution in [-0.4, -0.2) is 44.6 Å². The Balaban J connectivity index is 2.09. The first kappa shape index (κ1) is 22.2. The van der Waals surface area contributed by atoms with Gasteiger partial charge in [0.25, 0.3) is 8.32 Å². The highest BCUT2D eigenvalue weighted by atomic mass is 28.4. The lowest BCUT2D eigenvalue weighted by Crippen LogP contribution is -2.68. The summed E-state index contributed by atoms with van der Waals surface area (Å²) in [5, 5.41) is 13.3. The first-order valence-electron chi connectivity index (χ1n) is 10.3. The van der Waals surface area contributed by atoms with Gasteiger partial charge in [-0.15, -0.1) is 0 Å². The van der Waals surface area contributed by atoms with Crippen molar-refractivity contribution in [2.45, 2.75) is 70.2 Å². The van der Waals surface area contributed by atoms with Crippen molar-refractivity contribution in [1.29, 1.82) is 0 Å². The molecule has 0 unspecified atom stereocenters. The molecule has 29 heavy (non-hydrogen) atoms. The number of ether oxygens (including phenoxy) is 2. The maximum absolute atomic E-state index is 11.0. The molecule has 5 heteroatoms. The fourth-order valence-corrected chi connectivity index (χ4v) is 9.29. The minimum atomic E-state index is -2.71. The summed E-state index contributed by atoms with van der Waals surface area (Å²) in [7, 11) is -1.10. The normalized spacial score (nSPS) is 26.4. The second kappa shape index (κ2) is 8.32. The molecule has 0 bridgehead atoms. The fraction of sp³-hybridized carbons (Fsp3) is 0.500. The number of rotatable bonds is 6. The van der Waals surface area contributed by atoms with E-state index in [4.69, 9.17) is 13.9 Å². The molecule has 0 saturated carbocycles. The average molecular weight is 415 g/mol. The zero-order chi connectivity index (χ0) is 21.3. The Bertz CT molecular complexity index is 746. The van der Waals surface area contributed by atoms with Gasteiger partial charge in [-0.1, -0.05) is 81.4 Å². The Morgan fingerprint density at radius 1 is 1.03 bits per heavy atom. The molecule has 4 nitrogen and oxygen atoms in total. The molecule has 1 saturated heterocycles. The van der Waals surface area contributed by atoms with Crippen LogP contribution in [0.1, 0.15) is 41.0 Å². The molecule has 1 aliphatic rings. The first-order chi connectivity index (χ1) is 13.6. The smallest absolute Gasteiger partial charge is 0.261 e. The van der Waals surface area contributed by atoms with Gasteiger partial charge in [-0.05, 0) is 29.3 Å². The maximum atomic E-state index is 11.0. The van der Waals surface area contributed by atoms with Crippen molar-refractivity contribution in [2.75, 3.05) is 7.11 Å². The summed E-state index contributed by atoms with van der Waals surface area (Å²) in [4.78, 5) is 0. The van der Waals surface area contributed by atoms with Crippen LogP contribution in [0.3, 0.4) is 0 Å². The molecule has 0 radical (unpaired) electrons. The molecule has 1 heterocycles. The standard InChI is InChI=1S/C24H34O4Si/c1-18(22-24(5,25)17-21(26-6)27-22)28-29(23(2,3)4,19-13-9-7-10-14-19)20-15-11-8-12-16-20/h7-16,18,21-22,25H,17H2,1-6H3/t18-,21+,22+,24+/m0/s1. The summed E-state index contributed by atoms with van der Waals surface area (Å²) < 4.78 is 18.5. The van der Waals surface area contributed by atoms with Crippen molar-refractivity contribution in [3.63, 3.8) is 0 Å². The maximum Gasteiger partial charge on any atom is 0.261 e. The minimum absolute atomic E-state index is 0.130. The highest BCUT2D eigenvalue weighted by molar-refractivity contribution is 6.99. The van der Waals surface area contributed by atoms with E-state index in [0.29, 0.717) is 6.42 Å². The number of benzene rings is 2. The molecule has 1 N–H and O–H groups in total. The van der Waals surface area contributed by atoms with Crippen LogP contribution in [0.15, 0.2) is 60.7 Å². The van der Waals surface area contributed by atoms with Crippen molar-refractivity contribution in [1.82, 2.24) is 0 Å². The lowest BCUT2D eigenvalue weighted by atomic mass is 9.95. The van der Waals surface area contributed by atoms with Crippen molar-refractivity contribution >= 4 is 18.7 Å². The second-order valence-corrected chi connectivity index (χ2v) is 13.5. The Hall–Kier alpha value is -1.50. The molecule has 0 aliphatic carbocycles. The van der Waals surface area contributed by atoms with Crippen LogP contribution in [0.25, 0.3) is 0 Å². The van der Waals surface area contributed by atoms with Gasteiger partial charge in [-0.2, -0.15) is 0 Å². The molecule has 3 rings (SSSR count). The van der Waals surface area contributed by atoms with E-state index in [0.717, 1.165) is 0 Å². The van der Waals surface area contributed by atoms with Crippen molar-refractivity contribution in [3.05, 3.63) is 60.7 Å². The van der Waals surface area contributed by atoms with Gasteiger partial charge in [0.05, 0.1) is 11.7 Å². The first-order valence-corrected chi connectivity index (χ1v) is 12.2. The predicted molar refractivity (Wildman–Crippen MR) is 119 cm³/mol. The fourth-order valence-electron chi connectivity index (χ4n) is 4.60. The highest BCUT2D eigenvalue weighted by Crippen LogP contribution is 2.40. The zero-order valence-corrected chi connectivity index (χ0v) is 19.4. The van der Waals surface area contributed by atoms with Crippen LogP contribution in [-0.2, 0) is 13.9 Å². The third-order valence-electron chi connectivity index (χ3n) is 5.96. The van der Waals surface area contributed by atoms with Crippen LogP contribution >= 0.6 is 0 Å². The van der Waals surface area contributed by atoms with E-state index in [2.05, 4.69) is 69.3 Å². The summed E-state index contributed by atoms with van der Waals surface area (Å²) in [5.74, 6) is 0. The quantitative estimate of drug-likeness (QED) is 0.736. The Kier molecular flexibility index (Phi) is 6.37. The van der Waals surface area contributed by atoms with Gasteiger partial charge in [0.15, 0.2) is 6.29 Å². The van der Waals surface area contributed by atoms with E-state index in [1.54, 1.807) is 7.11 Å². The van der Waals surface area contributed by atoms with Crippen LogP contribution in [0.5, 0.6) is 0 Å². The van der Waals surface area contributed by atoms with Crippen molar-refractivity contribution in [3.8, 4) is 0 Å². The van der Waals surface area contributed by atoms with E-state index in [1.807, 2.05) is 26.0 Å². The van der Waals surface area contributed by atoms with Crippen LogP contribution in [0, 0.1) is 0 Å². The number of aliphatic hydroxyl groups is 1. The molecular formula is C24H34O4Si. The molecule has 1 fully saturated rings. The number of hydrogen-bond donors (Lipinski definition) is 1. The topological polar surface area (TPSA) is 47.9 Å². The predicted octanol–water partition coefficient (Wildman–Crippen LogP) is 3.46. The number of methoxy groups -OCH3 is 1. The third-order valence-corrected chi connectivity index (χ3v) is 11.1. The lowest BCUT2D eigenvalue weighted by Gasteiger charge is -2.46. The van der Waals surface area contributed by atoms with Gasteiger partial charge < -0.3 is 19.0 Å². The van der Waals surface area contributed by atoms with Crippen LogP contribution in [0.2, 0.25) is 5.04 Å². The molecule has 158 valence electrons. The van der Waals surface area contributed by atoms with Gasteiger partial charge >= 0.3 is 0 Å². The van der Waals surface area contributed by atoms with E-state index in [1.165, 1.54) is 10.4 Å². The SMILES string of the molecule is CO[C@H]1C[C@@](C)(O)[C@@H]([C@H](C)O[Si](c2ccccc2)(c2ccccc2)C(C)(C)C)O1. The van der Waals surface area contributed by atoms with E-state index in [-0.39, 0.29) is 11.1 Å². The average Bonchev–Trinajstić information content (AvgIpc) is 3.01. The molecular weight excluding hydrogens is 380 g/mol.